The molecular weight excluding hydrogens is 364 g/mol. The van der Waals surface area contributed by atoms with E-state index in [1.54, 1.807) is 0 Å². The van der Waals surface area contributed by atoms with Gasteiger partial charge >= 0.3 is 0 Å². The summed E-state index contributed by atoms with van der Waals surface area (Å²) in [6.07, 6.45) is 4.01. The minimum atomic E-state index is 0.556. The molecule has 0 spiro atoms. The molecule has 0 amide bonds. The quantitative estimate of drug-likeness (QED) is 0.866. The monoisotopic (exact) mass is 378 g/mol. The topological polar surface area (TPSA) is 29.3 Å². The summed E-state index contributed by atoms with van der Waals surface area (Å²) in [7, 11) is 0. The first-order valence-electron chi connectivity index (χ1n) is 6.11. The molecular formula is C12H16Br2N2S. The first kappa shape index (κ1) is 12.6. The smallest absolute Gasteiger partial charge is 0.0843 e. The predicted octanol–water partition coefficient (Wildman–Crippen LogP) is 3.76. The van der Waals surface area contributed by atoms with Gasteiger partial charge in [0.1, 0.15) is 0 Å². The van der Waals surface area contributed by atoms with E-state index in [2.05, 4.69) is 42.8 Å². The van der Waals surface area contributed by atoms with Crippen molar-refractivity contribution in [2.24, 2.45) is 11.7 Å². The van der Waals surface area contributed by atoms with Crippen LogP contribution in [0.1, 0.15) is 30.2 Å². The van der Waals surface area contributed by atoms with Crippen LogP contribution in [-0.4, -0.2) is 24.0 Å². The zero-order valence-corrected chi connectivity index (χ0v) is 13.5. The van der Waals surface area contributed by atoms with Crippen LogP contribution in [0.3, 0.4) is 0 Å². The summed E-state index contributed by atoms with van der Waals surface area (Å²) in [5.74, 6) is 0.632. The third-order valence-corrected chi connectivity index (χ3v) is 7.16. The number of nitrogens with zero attached hydrogens (tertiary/aromatic N) is 1. The van der Waals surface area contributed by atoms with Gasteiger partial charge in [-0.1, -0.05) is 0 Å². The van der Waals surface area contributed by atoms with Crippen LogP contribution < -0.4 is 5.73 Å². The average Bonchev–Trinajstić information content (AvgIpc) is 2.98. The molecule has 1 aliphatic carbocycles. The minimum Gasteiger partial charge on any atom is -0.330 e. The van der Waals surface area contributed by atoms with Crippen LogP contribution in [0.25, 0.3) is 0 Å². The van der Waals surface area contributed by atoms with E-state index in [1.165, 1.54) is 38.9 Å². The molecule has 2 nitrogen and oxygen atoms in total. The summed E-state index contributed by atoms with van der Waals surface area (Å²) in [4.78, 5) is 4.14. The molecule has 2 heterocycles. The minimum absolute atomic E-state index is 0.556. The van der Waals surface area contributed by atoms with Crippen molar-refractivity contribution in [1.29, 1.82) is 0 Å². The third kappa shape index (κ3) is 2.37. The molecule has 3 rings (SSSR count). The third-order valence-electron chi connectivity index (χ3n) is 3.84. The molecule has 0 aromatic carbocycles. The number of nitrogens with two attached hydrogens (primary N) is 1. The first-order chi connectivity index (χ1) is 8.20. The van der Waals surface area contributed by atoms with Gasteiger partial charge in [-0.2, -0.15) is 0 Å². The summed E-state index contributed by atoms with van der Waals surface area (Å²) >= 11 is 9.04. The molecule has 2 unspecified atom stereocenters. The number of hydrogen-bond acceptors (Lipinski definition) is 3. The van der Waals surface area contributed by atoms with Crippen LogP contribution in [0, 0.1) is 5.92 Å². The zero-order valence-electron chi connectivity index (χ0n) is 9.53. The highest BCUT2D eigenvalue weighted by Crippen LogP contribution is 2.47. The maximum absolute atomic E-state index is 5.94. The average molecular weight is 380 g/mol. The van der Waals surface area contributed by atoms with Crippen molar-refractivity contribution in [2.75, 3.05) is 13.1 Å². The fourth-order valence-electron chi connectivity index (χ4n) is 2.85. The lowest BCUT2D eigenvalue weighted by Crippen LogP contribution is -2.29. The zero-order chi connectivity index (χ0) is 12.0. The Labute approximate surface area is 123 Å². The van der Waals surface area contributed by atoms with E-state index in [-0.39, 0.29) is 0 Å². The van der Waals surface area contributed by atoms with Gasteiger partial charge in [-0.05, 0) is 76.2 Å². The number of halogens is 2. The Morgan fingerprint density at radius 2 is 2.12 bits per heavy atom. The largest absolute Gasteiger partial charge is 0.330 e. The molecule has 2 N–H and O–H groups in total. The van der Waals surface area contributed by atoms with Crippen LogP contribution in [0.4, 0.5) is 0 Å². The molecule has 5 heteroatoms. The van der Waals surface area contributed by atoms with E-state index < -0.39 is 0 Å². The Kier molecular flexibility index (Phi) is 3.65. The van der Waals surface area contributed by atoms with Gasteiger partial charge in [-0.3, -0.25) is 4.90 Å². The van der Waals surface area contributed by atoms with Gasteiger partial charge < -0.3 is 5.73 Å². The standard InChI is InChI=1S/C12H16Br2N2S/c13-9-5-10(17-12(9)14)11-7(6-15)3-4-16(11)8-1-2-8/h5,7-8,11H,1-4,6,15H2. The molecule has 0 radical (unpaired) electrons. The molecule has 2 atom stereocenters. The Morgan fingerprint density at radius 1 is 1.35 bits per heavy atom. The fraction of sp³-hybridized carbons (Fsp3) is 0.667. The second-order valence-electron chi connectivity index (χ2n) is 4.97. The predicted molar refractivity (Wildman–Crippen MR) is 79.3 cm³/mol. The van der Waals surface area contributed by atoms with Crippen LogP contribution >= 0.6 is 43.2 Å². The lowest BCUT2D eigenvalue weighted by Gasteiger charge is -2.26. The number of thiophene rings is 1. The van der Waals surface area contributed by atoms with E-state index in [0.29, 0.717) is 12.0 Å². The van der Waals surface area contributed by atoms with Gasteiger partial charge in [0, 0.05) is 21.4 Å². The highest BCUT2D eigenvalue weighted by atomic mass is 79.9. The summed E-state index contributed by atoms with van der Waals surface area (Å²) in [6.45, 7) is 2.03. The fourth-order valence-corrected chi connectivity index (χ4v) is 5.15. The Hall–Kier alpha value is 0.580. The van der Waals surface area contributed by atoms with Crippen LogP contribution in [0.2, 0.25) is 0 Å². The molecule has 1 saturated carbocycles. The van der Waals surface area contributed by atoms with E-state index in [4.69, 9.17) is 5.73 Å². The van der Waals surface area contributed by atoms with Crippen molar-refractivity contribution in [3.8, 4) is 0 Å². The lowest BCUT2D eigenvalue weighted by atomic mass is 9.99. The van der Waals surface area contributed by atoms with Crippen molar-refractivity contribution in [2.45, 2.75) is 31.3 Å². The van der Waals surface area contributed by atoms with Gasteiger partial charge in [0.25, 0.3) is 0 Å². The first-order valence-corrected chi connectivity index (χ1v) is 8.51. The van der Waals surface area contributed by atoms with E-state index in [9.17, 15) is 0 Å². The van der Waals surface area contributed by atoms with Crippen molar-refractivity contribution < 1.29 is 0 Å². The molecule has 17 heavy (non-hydrogen) atoms. The van der Waals surface area contributed by atoms with Crippen LogP contribution in [-0.2, 0) is 0 Å². The molecule has 0 bridgehead atoms. The van der Waals surface area contributed by atoms with Gasteiger partial charge in [-0.15, -0.1) is 11.3 Å². The van der Waals surface area contributed by atoms with Gasteiger partial charge in [0.2, 0.25) is 0 Å². The van der Waals surface area contributed by atoms with Crippen molar-refractivity contribution in [3.05, 3.63) is 19.2 Å². The summed E-state index contributed by atoms with van der Waals surface area (Å²) < 4.78 is 2.38. The van der Waals surface area contributed by atoms with Crippen LogP contribution in [0.15, 0.2) is 14.3 Å². The van der Waals surface area contributed by atoms with E-state index >= 15 is 0 Å². The highest BCUT2D eigenvalue weighted by Gasteiger charge is 2.42. The van der Waals surface area contributed by atoms with Crippen LogP contribution in [0.5, 0.6) is 0 Å². The molecule has 1 aromatic rings. The summed E-state index contributed by atoms with van der Waals surface area (Å²) in [6, 6.07) is 3.65. The summed E-state index contributed by atoms with van der Waals surface area (Å²) in [5.41, 5.74) is 5.94. The van der Waals surface area contributed by atoms with Gasteiger partial charge in [-0.25, -0.2) is 0 Å². The number of hydrogen-bond donors (Lipinski definition) is 1. The van der Waals surface area contributed by atoms with Crippen molar-refractivity contribution in [3.63, 3.8) is 0 Å². The Morgan fingerprint density at radius 3 is 2.65 bits per heavy atom. The second-order valence-corrected chi connectivity index (χ2v) is 8.22. The molecule has 2 fully saturated rings. The number of rotatable bonds is 3. The molecule has 1 aromatic heterocycles. The highest BCUT2D eigenvalue weighted by molar-refractivity contribution is 9.13. The maximum Gasteiger partial charge on any atom is 0.0843 e. The SMILES string of the molecule is NCC1CCN(C2CC2)C1c1cc(Br)c(Br)s1. The Bertz CT molecular complexity index is 397. The van der Waals surface area contributed by atoms with Gasteiger partial charge in [0.15, 0.2) is 0 Å². The normalized spacial score (nSPS) is 30.1. The molecule has 2 aliphatic rings. The second kappa shape index (κ2) is 4.93. The van der Waals surface area contributed by atoms with E-state index in [1.807, 2.05) is 11.3 Å². The molecule has 1 saturated heterocycles. The Balaban J connectivity index is 1.90. The van der Waals surface area contributed by atoms with Crippen molar-refractivity contribution in [1.82, 2.24) is 4.90 Å². The summed E-state index contributed by atoms with van der Waals surface area (Å²) in [5, 5.41) is 0. The maximum atomic E-state index is 5.94. The van der Waals surface area contributed by atoms with Gasteiger partial charge in [0.05, 0.1) is 3.79 Å². The van der Waals surface area contributed by atoms with E-state index in [0.717, 1.165) is 12.6 Å². The number of likely N-dealkylation sites (tertiary alicyclic amines) is 1. The lowest BCUT2D eigenvalue weighted by molar-refractivity contribution is 0.224. The molecule has 94 valence electrons. The molecule has 1 aliphatic heterocycles. The van der Waals surface area contributed by atoms with Crippen molar-refractivity contribution >= 4 is 43.2 Å².